The number of nitrogens with zero attached hydrogens (tertiary/aromatic N) is 3. The van der Waals surface area contributed by atoms with Gasteiger partial charge in [0.2, 0.25) is 0 Å². The summed E-state index contributed by atoms with van der Waals surface area (Å²) in [4.78, 5) is 34.3. The predicted octanol–water partition coefficient (Wildman–Crippen LogP) is 2.00. The second kappa shape index (κ2) is 12.2. The van der Waals surface area contributed by atoms with E-state index < -0.39 is 18.2 Å². The number of aliphatic hydroxyl groups is 2. The van der Waals surface area contributed by atoms with Gasteiger partial charge in [0.1, 0.15) is 18.5 Å². The average Bonchev–Trinajstić information content (AvgIpc) is 3.02. The zero-order valence-corrected chi connectivity index (χ0v) is 23.8. The molecule has 1 aromatic carbocycles. The molecule has 0 saturated heterocycles. The van der Waals surface area contributed by atoms with Crippen LogP contribution in [0.1, 0.15) is 43.0 Å². The van der Waals surface area contributed by atoms with Gasteiger partial charge in [-0.15, -0.1) is 0 Å². The molecule has 1 saturated carbocycles. The molecule has 13 heteroatoms. The van der Waals surface area contributed by atoms with E-state index in [-0.39, 0.29) is 18.1 Å². The fraction of sp³-hybridized carbons (Fsp3) is 0.467. The highest BCUT2D eigenvalue weighted by molar-refractivity contribution is 5.98. The molecule has 2 atom stereocenters. The fourth-order valence-corrected chi connectivity index (χ4v) is 6.12. The van der Waals surface area contributed by atoms with Gasteiger partial charge < -0.3 is 45.1 Å². The van der Waals surface area contributed by atoms with E-state index in [9.17, 15) is 24.9 Å². The van der Waals surface area contributed by atoms with Crippen molar-refractivity contribution in [3.63, 3.8) is 0 Å². The molecule has 0 bridgehead atoms. The third-order valence-electron chi connectivity index (χ3n) is 8.38. The number of ether oxygens (including phenoxy) is 3. The Hall–Kier alpha value is -4.20. The van der Waals surface area contributed by atoms with Crippen molar-refractivity contribution in [3.8, 4) is 17.2 Å². The van der Waals surface area contributed by atoms with E-state index in [2.05, 4.69) is 25.5 Å². The van der Waals surface area contributed by atoms with Gasteiger partial charge in [-0.25, -0.2) is 9.78 Å². The highest BCUT2D eigenvalue weighted by atomic mass is 16.5. The maximum Gasteiger partial charge on any atom is 0.335 e. The number of carbonyl (C=O) groups excluding carboxylic acids is 1. The van der Waals surface area contributed by atoms with Crippen molar-refractivity contribution < 1.29 is 39.1 Å². The number of rotatable bonds is 9. The van der Waals surface area contributed by atoms with Crippen molar-refractivity contribution in [2.75, 3.05) is 43.6 Å². The fourth-order valence-electron chi connectivity index (χ4n) is 6.12. The normalized spacial score (nSPS) is 21.1. The molecule has 3 aromatic rings. The molecule has 1 fully saturated rings. The van der Waals surface area contributed by atoms with Gasteiger partial charge in [0.15, 0.2) is 30.0 Å². The molecule has 0 spiro atoms. The molecule has 4 heterocycles. The van der Waals surface area contributed by atoms with Crippen molar-refractivity contribution in [1.29, 1.82) is 0 Å². The molecular weight excluding hydrogens is 558 g/mol. The Morgan fingerprint density at radius 3 is 2.77 bits per heavy atom. The molecule has 5 N–H and O–H groups in total. The van der Waals surface area contributed by atoms with E-state index in [4.69, 9.17) is 14.2 Å². The van der Waals surface area contributed by atoms with Crippen LogP contribution in [0.2, 0.25) is 0 Å². The van der Waals surface area contributed by atoms with E-state index >= 15 is 0 Å². The first-order chi connectivity index (χ1) is 20.8. The number of fused-ring (bicyclic) bond motifs is 4. The summed E-state index contributed by atoms with van der Waals surface area (Å²) in [5, 5.41) is 37.1. The van der Waals surface area contributed by atoms with Gasteiger partial charge in [-0.05, 0) is 55.9 Å². The Morgan fingerprint density at radius 2 is 2.00 bits per heavy atom. The maximum atomic E-state index is 11.6. The summed E-state index contributed by atoms with van der Waals surface area (Å²) in [6, 6.07) is 7.41. The lowest BCUT2D eigenvalue weighted by molar-refractivity contribution is -0.153. The Kier molecular flexibility index (Phi) is 8.19. The summed E-state index contributed by atoms with van der Waals surface area (Å²) in [6.07, 6.45) is 1.99. The minimum absolute atomic E-state index is 0.00789. The summed E-state index contributed by atoms with van der Waals surface area (Å²) in [7, 11) is 1.49. The highest BCUT2D eigenvalue weighted by Gasteiger charge is 2.31. The third kappa shape index (κ3) is 6.01. The first-order valence-corrected chi connectivity index (χ1v) is 14.4. The van der Waals surface area contributed by atoms with Crippen LogP contribution in [0.15, 0.2) is 30.5 Å². The van der Waals surface area contributed by atoms with E-state index in [1.165, 1.54) is 13.2 Å². The number of aromatic nitrogens is 2. The molecule has 1 amide bonds. The van der Waals surface area contributed by atoms with Gasteiger partial charge in [0, 0.05) is 30.1 Å². The molecule has 228 valence electrons. The van der Waals surface area contributed by atoms with Crippen molar-refractivity contribution in [2.45, 2.75) is 50.5 Å². The number of pyridine rings is 2. The van der Waals surface area contributed by atoms with Crippen LogP contribution in [0.4, 0.5) is 11.5 Å². The Balaban J connectivity index is 1.14. The van der Waals surface area contributed by atoms with Gasteiger partial charge in [-0.2, -0.15) is 0 Å². The lowest BCUT2D eigenvalue weighted by Gasteiger charge is -2.37. The molecule has 1 aliphatic carbocycles. The summed E-state index contributed by atoms with van der Waals surface area (Å²) in [6.45, 7) is 2.59. The van der Waals surface area contributed by atoms with Crippen molar-refractivity contribution in [2.24, 2.45) is 5.92 Å². The molecule has 0 radical (unpaired) electrons. The Bertz CT molecular complexity index is 1530. The van der Waals surface area contributed by atoms with Crippen molar-refractivity contribution in [1.82, 2.24) is 15.3 Å². The molecule has 2 unspecified atom stereocenters. The lowest BCUT2D eigenvalue weighted by atomic mass is 9.85. The minimum atomic E-state index is -2.01. The summed E-state index contributed by atoms with van der Waals surface area (Å²) >= 11 is 0. The van der Waals surface area contributed by atoms with Crippen LogP contribution >= 0.6 is 0 Å². The molecule has 43 heavy (non-hydrogen) atoms. The van der Waals surface area contributed by atoms with E-state index in [1.54, 1.807) is 12.3 Å². The number of hydrogen-bond acceptors (Lipinski definition) is 11. The van der Waals surface area contributed by atoms with Crippen LogP contribution in [0.3, 0.4) is 0 Å². The van der Waals surface area contributed by atoms with Crippen LogP contribution < -0.4 is 29.7 Å². The van der Waals surface area contributed by atoms with Crippen LogP contribution in [-0.2, 0) is 16.1 Å². The number of aliphatic hydroxyl groups excluding tert-OH is 2. The summed E-state index contributed by atoms with van der Waals surface area (Å²) in [5.41, 5.74) is 2.22. The molecule has 3 aliphatic rings. The smallest absolute Gasteiger partial charge is 0.335 e. The van der Waals surface area contributed by atoms with Gasteiger partial charge in [-0.1, -0.05) is 0 Å². The second-order valence-corrected chi connectivity index (χ2v) is 11.2. The number of carboxylic acids is 1. The lowest BCUT2D eigenvalue weighted by Crippen LogP contribution is -2.40. The largest absolute Gasteiger partial charge is 0.497 e. The Morgan fingerprint density at radius 1 is 1.19 bits per heavy atom. The number of aliphatic carboxylic acids is 1. The number of nitrogens with one attached hydrogen (secondary N) is 2. The average molecular weight is 594 g/mol. The summed E-state index contributed by atoms with van der Waals surface area (Å²) in [5.74, 6) is 0.788. The van der Waals surface area contributed by atoms with E-state index in [0.29, 0.717) is 65.6 Å². The molecule has 6 rings (SSSR count). The van der Waals surface area contributed by atoms with Crippen LogP contribution in [-0.4, -0.2) is 82.7 Å². The Labute approximate surface area is 247 Å². The van der Waals surface area contributed by atoms with Crippen molar-refractivity contribution in [3.05, 3.63) is 41.7 Å². The highest BCUT2D eigenvalue weighted by Crippen LogP contribution is 2.42. The number of benzene rings is 1. The SMILES string of the molecule is COc1cc(C(O)C(O)C(=O)O)c2ncc3c(c2c1)N(CC1CCC(NCc2ccc4c(n2)NC(=O)CO4)CC1)CCO3. The number of hydrogen-bond donors (Lipinski definition) is 5. The topological polar surface area (TPSA) is 176 Å². The number of anilines is 2. The quantitative estimate of drug-likeness (QED) is 0.244. The zero-order chi connectivity index (χ0) is 30.1. The van der Waals surface area contributed by atoms with E-state index in [1.807, 2.05) is 12.1 Å². The summed E-state index contributed by atoms with van der Waals surface area (Å²) < 4.78 is 16.8. The van der Waals surface area contributed by atoms with Gasteiger partial charge >= 0.3 is 5.97 Å². The molecule has 2 aromatic heterocycles. The maximum absolute atomic E-state index is 11.6. The predicted molar refractivity (Wildman–Crippen MR) is 156 cm³/mol. The van der Waals surface area contributed by atoms with Gasteiger partial charge in [0.25, 0.3) is 5.91 Å². The van der Waals surface area contributed by atoms with Crippen LogP contribution in [0, 0.1) is 5.92 Å². The van der Waals surface area contributed by atoms with Gasteiger partial charge in [0.05, 0.1) is 36.7 Å². The van der Waals surface area contributed by atoms with E-state index in [0.717, 1.165) is 43.6 Å². The number of amides is 1. The van der Waals surface area contributed by atoms with Crippen LogP contribution in [0.25, 0.3) is 10.9 Å². The monoisotopic (exact) mass is 593 g/mol. The van der Waals surface area contributed by atoms with Gasteiger partial charge in [-0.3, -0.25) is 9.78 Å². The zero-order valence-electron chi connectivity index (χ0n) is 23.8. The standard InChI is InChI=1S/C30H35N5O8/c1-41-19-10-20-25(21(11-19)27(37)28(38)30(39)40)32-13-23-26(20)35(8-9-42-23)14-16-2-4-17(5-3-16)31-12-18-6-7-22-29(33-18)34-24(36)15-43-22/h6-7,10-11,13,16-17,27-28,31,37-38H,2-5,8-9,12,14-15H2,1H3,(H,39,40)(H,33,34,36). The minimum Gasteiger partial charge on any atom is -0.497 e. The molecular formula is C30H35N5O8. The molecule has 2 aliphatic heterocycles. The number of carbonyl (C=O) groups is 2. The number of methoxy groups -OCH3 is 1. The second-order valence-electron chi connectivity index (χ2n) is 11.2. The first-order valence-electron chi connectivity index (χ1n) is 14.4. The van der Waals surface area contributed by atoms with Crippen LogP contribution in [0.5, 0.6) is 17.2 Å². The first kappa shape index (κ1) is 28.9. The van der Waals surface area contributed by atoms with Crippen molar-refractivity contribution >= 4 is 34.3 Å². The third-order valence-corrected chi connectivity index (χ3v) is 8.38. The number of carboxylic acid groups (broad SMARTS) is 1. The molecule has 13 nitrogen and oxygen atoms in total.